The molecule has 0 bridgehead atoms. The van der Waals surface area contributed by atoms with E-state index in [0.717, 1.165) is 30.7 Å². The average Bonchev–Trinajstić information content (AvgIpc) is 2.89. The quantitative estimate of drug-likeness (QED) is 0.884. The predicted octanol–water partition coefficient (Wildman–Crippen LogP) is 2.12. The summed E-state index contributed by atoms with van der Waals surface area (Å²) in [7, 11) is 0. The summed E-state index contributed by atoms with van der Waals surface area (Å²) in [6.45, 7) is 0.947. The summed E-state index contributed by atoms with van der Waals surface area (Å²) in [5.74, 6) is 0. The Morgan fingerprint density at radius 3 is 2.84 bits per heavy atom. The fourth-order valence-corrected chi connectivity index (χ4v) is 2.97. The number of hydrogen-bond acceptors (Lipinski definition) is 3. The highest BCUT2D eigenvalue weighted by atomic mass is 16.3. The average molecular weight is 259 g/mol. The van der Waals surface area contributed by atoms with Crippen LogP contribution in [-0.4, -0.2) is 26.6 Å². The maximum Gasteiger partial charge on any atom is 0.137 e. The molecule has 2 aromatic heterocycles. The minimum atomic E-state index is -0.0892. The number of aliphatic hydroxyl groups is 1. The number of fused-ring (bicyclic) bond motifs is 1. The van der Waals surface area contributed by atoms with E-state index in [4.69, 9.17) is 0 Å². The van der Waals surface area contributed by atoms with Crippen LogP contribution in [0.1, 0.15) is 37.8 Å². The summed E-state index contributed by atoms with van der Waals surface area (Å²) in [6, 6.07) is 6.00. The van der Waals surface area contributed by atoms with Gasteiger partial charge in [-0.15, -0.1) is 0 Å². The lowest BCUT2D eigenvalue weighted by Crippen LogP contribution is -2.49. The van der Waals surface area contributed by atoms with E-state index in [2.05, 4.69) is 16.5 Å². The zero-order chi connectivity index (χ0) is 13.1. The highest BCUT2D eigenvalue weighted by Crippen LogP contribution is 2.28. The standard InChI is InChI=1S/C15H21N3O/c19-12-15(7-3-1-4-8-15)16-10-13-11-18-9-5-2-6-14(18)17-13/h2,5-6,9,11,16,19H,1,3-4,7-8,10,12H2. The van der Waals surface area contributed by atoms with E-state index >= 15 is 0 Å². The Balaban J connectivity index is 1.70. The van der Waals surface area contributed by atoms with Crippen molar-refractivity contribution in [3.05, 3.63) is 36.3 Å². The van der Waals surface area contributed by atoms with Crippen molar-refractivity contribution in [1.29, 1.82) is 0 Å². The molecule has 2 heterocycles. The van der Waals surface area contributed by atoms with Gasteiger partial charge in [0.25, 0.3) is 0 Å². The summed E-state index contributed by atoms with van der Waals surface area (Å²) in [5.41, 5.74) is 1.92. The monoisotopic (exact) mass is 259 g/mol. The first-order chi connectivity index (χ1) is 9.31. The molecule has 0 spiro atoms. The minimum Gasteiger partial charge on any atom is -0.394 e. The molecule has 2 aromatic rings. The van der Waals surface area contributed by atoms with Crippen LogP contribution in [0, 0.1) is 0 Å². The first kappa shape index (κ1) is 12.6. The van der Waals surface area contributed by atoms with Crippen molar-refractivity contribution in [3.63, 3.8) is 0 Å². The van der Waals surface area contributed by atoms with Gasteiger partial charge in [-0.1, -0.05) is 25.3 Å². The largest absolute Gasteiger partial charge is 0.394 e. The van der Waals surface area contributed by atoms with Gasteiger partial charge in [-0.25, -0.2) is 4.98 Å². The second-order valence-corrected chi connectivity index (χ2v) is 5.55. The van der Waals surface area contributed by atoms with E-state index < -0.39 is 0 Å². The molecule has 19 heavy (non-hydrogen) atoms. The number of nitrogens with one attached hydrogen (secondary N) is 1. The summed E-state index contributed by atoms with van der Waals surface area (Å²) in [4.78, 5) is 4.58. The Kier molecular flexibility index (Phi) is 3.53. The van der Waals surface area contributed by atoms with Crippen molar-refractivity contribution in [2.45, 2.75) is 44.2 Å². The van der Waals surface area contributed by atoms with Crippen LogP contribution in [0.3, 0.4) is 0 Å². The van der Waals surface area contributed by atoms with Gasteiger partial charge in [0.2, 0.25) is 0 Å². The van der Waals surface area contributed by atoms with Gasteiger partial charge in [-0.05, 0) is 25.0 Å². The third-order valence-electron chi connectivity index (χ3n) is 4.17. The number of nitrogens with zero attached hydrogens (tertiary/aromatic N) is 2. The molecular formula is C15H21N3O. The molecule has 1 aliphatic rings. The third kappa shape index (κ3) is 2.65. The maximum atomic E-state index is 9.67. The van der Waals surface area contributed by atoms with Crippen LogP contribution in [0.15, 0.2) is 30.6 Å². The van der Waals surface area contributed by atoms with Gasteiger partial charge in [0.15, 0.2) is 0 Å². The van der Waals surface area contributed by atoms with Crippen LogP contribution < -0.4 is 5.32 Å². The van der Waals surface area contributed by atoms with Gasteiger partial charge in [-0.3, -0.25) is 0 Å². The molecule has 1 aliphatic carbocycles. The lowest BCUT2D eigenvalue weighted by atomic mass is 9.82. The van der Waals surface area contributed by atoms with E-state index in [-0.39, 0.29) is 12.1 Å². The third-order valence-corrected chi connectivity index (χ3v) is 4.17. The second kappa shape index (κ2) is 5.31. The zero-order valence-corrected chi connectivity index (χ0v) is 11.2. The Morgan fingerprint density at radius 1 is 1.26 bits per heavy atom. The molecule has 0 aromatic carbocycles. The smallest absolute Gasteiger partial charge is 0.137 e. The van der Waals surface area contributed by atoms with E-state index in [9.17, 15) is 5.11 Å². The molecule has 0 saturated heterocycles. The zero-order valence-electron chi connectivity index (χ0n) is 11.2. The Labute approximate surface area is 113 Å². The topological polar surface area (TPSA) is 49.6 Å². The van der Waals surface area contributed by atoms with Crippen molar-refractivity contribution < 1.29 is 5.11 Å². The Bertz CT molecular complexity index is 510. The first-order valence-corrected chi connectivity index (χ1v) is 7.10. The molecule has 1 saturated carbocycles. The van der Waals surface area contributed by atoms with Crippen molar-refractivity contribution in [2.24, 2.45) is 0 Å². The molecular weight excluding hydrogens is 238 g/mol. The second-order valence-electron chi connectivity index (χ2n) is 5.55. The number of pyridine rings is 1. The molecule has 102 valence electrons. The summed E-state index contributed by atoms with van der Waals surface area (Å²) >= 11 is 0. The molecule has 0 unspecified atom stereocenters. The number of aromatic nitrogens is 2. The van der Waals surface area contributed by atoms with Gasteiger partial charge in [0.1, 0.15) is 5.65 Å². The minimum absolute atomic E-state index is 0.0892. The van der Waals surface area contributed by atoms with Crippen LogP contribution in [0.25, 0.3) is 5.65 Å². The molecule has 4 nitrogen and oxygen atoms in total. The predicted molar refractivity (Wildman–Crippen MR) is 74.9 cm³/mol. The lowest BCUT2D eigenvalue weighted by Gasteiger charge is -2.36. The molecule has 0 amide bonds. The number of rotatable bonds is 4. The molecule has 0 aliphatic heterocycles. The highest BCUT2D eigenvalue weighted by molar-refractivity contribution is 5.39. The summed E-state index contributed by atoms with van der Waals surface area (Å²) in [6.07, 6.45) is 9.90. The van der Waals surface area contributed by atoms with Crippen molar-refractivity contribution >= 4 is 5.65 Å². The molecule has 0 radical (unpaired) electrons. The summed E-state index contributed by atoms with van der Waals surface area (Å²) in [5, 5.41) is 13.2. The van der Waals surface area contributed by atoms with Crippen molar-refractivity contribution in [2.75, 3.05) is 6.61 Å². The van der Waals surface area contributed by atoms with Crippen LogP contribution in [0.4, 0.5) is 0 Å². The molecule has 0 atom stereocenters. The molecule has 4 heteroatoms. The number of imidazole rings is 1. The molecule has 3 rings (SSSR count). The van der Waals surface area contributed by atoms with E-state index in [0.29, 0.717) is 0 Å². The van der Waals surface area contributed by atoms with E-state index in [1.54, 1.807) is 0 Å². The van der Waals surface area contributed by atoms with Crippen LogP contribution in [-0.2, 0) is 6.54 Å². The van der Waals surface area contributed by atoms with Gasteiger partial charge >= 0.3 is 0 Å². The van der Waals surface area contributed by atoms with Crippen molar-refractivity contribution in [1.82, 2.24) is 14.7 Å². The Hall–Kier alpha value is -1.39. The van der Waals surface area contributed by atoms with Crippen LogP contribution >= 0.6 is 0 Å². The van der Waals surface area contributed by atoms with Crippen LogP contribution in [0.5, 0.6) is 0 Å². The first-order valence-electron chi connectivity index (χ1n) is 7.10. The Morgan fingerprint density at radius 2 is 2.11 bits per heavy atom. The lowest BCUT2D eigenvalue weighted by molar-refractivity contribution is 0.119. The summed E-state index contributed by atoms with van der Waals surface area (Å²) < 4.78 is 2.03. The normalized spacial score (nSPS) is 18.8. The fourth-order valence-electron chi connectivity index (χ4n) is 2.97. The SMILES string of the molecule is OCC1(NCc2cn3ccccc3n2)CCCCC1. The van der Waals surface area contributed by atoms with Crippen LogP contribution in [0.2, 0.25) is 0 Å². The van der Waals surface area contributed by atoms with E-state index in [1.165, 1.54) is 19.3 Å². The molecule has 1 fully saturated rings. The molecule has 2 N–H and O–H groups in total. The van der Waals surface area contributed by atoms with Crippen molar-refractivity contribution in [3.8, 4) is 0 Å². The fraction of sp³-hybridized carbons (Fsp3) is 0.533. The number of aliphatic hydroxyl groups excluding tert-OH is 1. The van der Waals surface area contributed by atoms with Gasteiger partial charge in [0.05, 0.1) is 12.3 Å². The van der Waals surface area contributed by atoms with E-state index in [1.807, 2.05) is 28.8 Å². The van der Waals surface area contributed by atoms with Gasteiger partial charge in [0, 0.05) is 24.5 Å². The number of hydrogen-bond donors (Lipinski definition) is 2. The highest BCUT2D eigenvalue weighted by Gasteiger charge is 2.30. The van der Waals surface area contributed by atoms with Gasteiger partial charge < -0.3 is 14.8 Å². The van der Waals surface area contributed by atoms with Gasteiger partial charge in [-0.2, -0.15) is 0 Å². The maximum absolute atomic E-state index is 9.67.